The number of phenolic OH excluding ortho intramolecular Hbond substituents is 1. The van der Waals surface area contributed by atoms with Crippen LogP contribution in [0.2, 0.25) is 0 Å². The third-order valence-electron chi connectivity index (χ3n) is 4.03. The Bertz CT molecular complexity index is 996. The molecule has 0 spiro atoms. The molecule has 0 amide bonds. The van der Waals surface area contributed by atoms with Crippen LogP contribution in [0.4, 0.5) is 0 Å². The Morgan fingerprint density at radius 2 is 1.41 bits per heavy atom. The van der Waals surface area contributed by atoms with Crippen molar-refractivity contribution < 1.29 is 24.1 Å². The fourth-order valence-electron chi connectivity index (χ4n) is 2.75. The molecule has 0 aliphatic carbocycles. The molecule has 142 valence electrons. The molecule has 6 nitrogen and oxygen atoms in total. The van der Waals surface area contributed by atoms with Gasteiger partial charge in [-0.05, 0) is 51.8 Å². The van der Waals surface area contributed by atoms with E-state index in [1.807, 2.05) is 0 Å². The quantitative estimate of drug-likeness (QED) is 0.617. The molecule has 0 unspecified atom stereocenters. The van der Waals surface area contributed by atoms with Crippen molar-refractivity contribution in [2.75, 3.05) is 28.4 Å². The minimum Gasteiger partial charge on any atom is -0.504 e. The lowest BCUT2D eigenvalue weighted by Gasteiger charge is -2.14. The summed E-state index contributed by atoms with van der Waals surface area (Å²) in [5.41, 5.74) is 1.89. The molecule has 1 aromatic heterocycles. The van der Waals surface area contributed by atoms with E-state index in [2.05, 4.69) is 0 Å². The second kappa shape index (κ2) is 7.89. The summed E-state index contributed by atoms with van der Waals surface area (Å²) in [6.45, 7) is 0. The molecule has 2 aromatic carbocycles. The summed E-state index contributed by atoms with van der Waals surface area (Å²) in [4.78, 5) is 13.4. The second-order valence-corrected chi connectivity index (χ2v) is 7.57. The van der Waals surface area contributed by atoms with Crippen LogP contribution in [0.1, 0.15) is 0 Å². The smallest absolute Gasteiger partial charge is 0.251 e. The number of methoxy groups -OCH3 is 4. The highest BCUT2D eigenvalue weighted by Gasteiger charge is 2.21. The average Bonchev–Trinajstić information content (AvgIpc) is 3.08. The first-order chi connectivity index (χ1) is 13.0. The maximum Gasteiger partial charge on any atom is 0.251 e. The van der Waals surface area contributed by atoms with E-state index in [9.17, 15) is 9.90 Å². The first kappa shape index (κ1) is 19.1. The number of ether oxygens (including phenoxy) is 4. The zero-order valence-electron chi connectivity index (χ0n) is 15.2. The lowest BCUT2D eigenvalue weighted by Crippen LogP contribution is -1.99. The van der Waals surface area contributed by atoms with Crippen molar-refractivity contribution in [1.82, 2.24) is 0 Å². The molecule has 27 heavy (non-hydrogen) atoms. The molecule has 0 radical (unpaired) electrons. The topological polar surface area (TPSA) is 74.2 Å². The van der Waals surface area contributed by atoms with Crippen LogP contribution >= 0.6 is 20.7 Å². The number of hydrogen-bond donors (Lipinski definition) is 1. The van der Waals surface area contributed by atoms with Crippen LogP contribution in [0.5, 0.6) is 28.7 Å². The highest BCUT2D eigenvalue weighted by atomic mass is 32.9. The fourth-order valence-corrected chi connectivity index (χ4v) is 5.06. The van der Waals surface area contributed by atoms with E-state index in [-0.39, 0.29) is 10.5 Å². The van der Waals surface area contributed by atoms with Gasteiger partial charge in [0, 0.05) is 0 Å². The van der Waals surface area contributed by atoms with Crippen molar-refractivity contribution in [2.45, 2.75) is 0 Å². The van der Waals surface area contributed by atoms with Crippen molar-refractivity contribution in [3.63, 3.8) is 0 Å². The van der Waals surface area contributed by atoms with Crippen LogP contribution < -0.4 is 23.7 Å². The lowest BCUT2D eigenvalue weighted by atomic mass is 10.0. The van der Waals surface area contributed by atoms with Crippen LogP contribution in [-0.4, -0.2) is 33.5 Å². The molecular formula is C19H18O6S2. The van der Waals surface area contributed by atoms with E-state index < -0.39 is 0 Å². The Hall–Kier alpha value is -2.71. The van der Waals surface area contributed by atoms with Gasteiger partial charge in [0.25, 0.3) is 4.74 Å². The summed E-state index contributed by atoms with van der Waals surface area (Å²) in [5.74, 6) is 1.77. The van der Waals surface area contributed by atoms with Crippen LogP contribution in [0.25, 0.3) is 21.6 Å². The summed E-state index contributed by atoms with van der Waals surface area (Å²) >= 11 is 0. The third kappa shape index (κ3) is 3.45. The first-order valence-electron chi connectivity index (χ1n) is 7.84. The van der Waals surface area contributed by atoms with E-state index in [0.29, 0.717) is 34.1 Å². The minimum absolute atomic E-state index is 0.0108. The number of benzene rings is 2. The molecule has 3 rings (SSSR count). The molecule has 1 N–H and O–H groups in total. The van der Waals surface area contributed by atoms with Crippen molar-refractivity contribution in [1.29, 1.82) is 0 Å². The number of phenols is 1. The van der Waals surface area contributed by atoms with E-state index in [0.717, 1.165) is 20.8 Å². The van der Waals surface area contributed by atoms with Gasteiger partial charge in [-0.1, -0.05) is 10.3 Å². The highest BCUT2D eigenvalue weighted by Crippen LogP contribution is 2.45. The predicted molar refractivity (Wildman–Crippen MR) is 107 cm³/mol. The van der Waals surface area contributed by atoms with Gasteiger partial charge in [-0.3, -0.25) is 4.79 Å². The molecule has 0 fully saturated rings. The molecule has 0 aliphatic rings. The highest BCUT2D eigenvalue weighted by molar-refractivity contribution is 7.70. The van der Waals surface area contributed by atoms with E-state index in [4.69, 9.17) is 18.9 Å². The SMILES string of the molecule is COc1ccc(-c2ssc(=O)c2-c2cc(OC)c(OC)c(OC)c2)cc1O. The average molecular weight is 406 g/mol. The summed E-state index contributed by atoms with van der Waals surface area (Å²) in [6, 6.07) is 8.53. The van der Waals surface area contributed by atoms with Gasteiger partial charge in [0.05, 0.1) is 38.9 Å². The Kier molecular flexibility index (Phi) is 5.57. The molecule has 3 aromatic rings. The van der Waals surface area contributed by atoms with E-state index in [1.54, 1.807) is 30.3 Å². The van der Waals surface area contributed by atoms with Gasteiger partial charge in [-0.15, -0.1) is 0 Å². The van der Waals surface area contributed by atoms with Gasteiger partial charge < -0.3 is 24.1 Å². The van der Waals surface area contributed by atoms with Crippen molar-refractivity contribution >= 4 is 20.7 Å². The molecule has 8 heteroatoms. The van der Waals surface area contributed by atoms with Gasteiger partial charge in [-0.2, -0.15) is 0 Å². The Balaban J connectivity index is 2.21. The van der Waals surface area contributed by atoms with Crippen LogP contribution in [-0.2, 0) is 0 Å². The molecular weight excluding hydrogens is 388 g/mol. The Morgan fingerprint density at radius 1 is 0.778 bits per heavy atom. The zero-order chi connectivity index (χ0) is 19.6. The van der Waals surface area contributed by atoms with Crippen molar-refractivity contribution in [3.05, 3.63) is 39.9 Å². The van der Waals surface area contributed by atoms with Gasteiger partial charge in [-0.25, -0.2) is 0 Å². The first-order valence-corrected chi connectivity index (χ1v) is 9.99. The van der Waals surface area contributed by atoms with Crippen LogP contribution in [0.15, 0.2) is 35.1 Å². The maximum absolute atomic E-state index is 12.6. The Morgan fingerprint density at radius 3 is 1.93 bits per heavy atom. The molecule has 1 heterocycles. The summed E-state index contributed by atoms with van der Waals surface area (Å²) in [7, 11) is 8.54. The second-order valence-electron chi connectivity index (χ2n) is 5.46. The number of aromatic hydroxyl groups is 1. The molecule has 0 atom stereocenters. The van der Waals surface area contributed by atoms with Crippen LogP contribution in [0, 0.1) is 0 Å². The number of hydrogen-bond acceptors (Lipinski definition) is 8. The van der Waals surface area contributed by atoms with E-state index >= 15 is 0 Å². The largest absolute Gasteiger partial charge is 0.504 e. The number of rotatable bonds is 6. The zero-order valence-corrected chi connectivity index (χ0v) is 16.8. The molecule has 0 aliphatic heterocycles. The molecule has 0 saturated carbocycles. The van der Waals surface area contributed by atoms with Gasteiger partial charge in [0.1, 0.15) is 0 Å². The van der Waals surface area contributed by atoms with Gasteiger partial charge >= 0.3 is 0 Å². The standard InChI is InChI=1S/C19H18O6S2/c1-22-13-6-5-10(7-12(13)20)18-16(19(21)27-26-18)11-8-14(23-2)17(25-4)15(9-11)24-3/h5-9,20H,1-4H3. The summed E-state index contributed by atoms with van der Waals surface area (Å²) in [5, 5.41) is 10.1. The monoisotopic (exact) mass is 406 g/mol. The molecule has 0 saturated heterocycles. The minimum atomic E-state index is -0.0837. The lowest BCUT2D eigenvalue weighted by molar-refractivity contribution is 0.324. The van der Waals surface area contributed by atoms with Crippen molar-refractivity contribution in [3.8, 4) is 50.3 Å². The molecule has 0 bridgehead atoms. The van der Waals surface area contributed by atoms with E-state index in [1.165, 1.54) is 38.8 Å². The predicted octanol–water partition coefficient (Wildman–Crippen LogP) is 4.24. The fraction of sp³-hybridized carbons (Fsp3) is 0.211. The normalized spacial score (nSPS) is 10.5. The summed E-state index contributed by atoms with van der Waals surface area (Å²) in [6.07, 6.45) is 0. The van der Waals surface area contributed by atoms with Gasteiger partial charge in [0.2, 0.25) is 5.75 Å². The Labute approximate surface area is 163 Å². The summed E-state index contributed by atoms with van der Waals surface area (Å²) < 4.78 is 21.1. The van der Waals surface area contributed by atoms with Gasteiger partial charge in [0.15, 0.2) is 23.0 Å². The maximum atomic E-state index is 12.6. The van der Waals surface area contributed by atoms with Crippen molar-refractivity contribution in [2.24, 2.45) is 0 Å². The third-order valence-corrected chi connectivity index (χ3v) is 6.28. The van der Waals surface area contributed by atoms with Crippen LogP contribution in [0.3, 0.4) is 0 Å².